The van der Waals surface area contributed by atoms with Gasteiger partial charge in [-0.15, -0.1) is 16.7 Å². The summed E-state index contributed by atoms with van der Waals surface area (Å²) < 4.78 is 6.49. The van der Waals surface area contributed by atoms with E-state index < -0.39 is 0 Å². The van der Waals surface area contributed by atoms with Crippen molar-refractivity contribution in [2.75, 3.05) is 0 Å². The van der Waals surface area contributed by atoms with Gasteiger partial charge in [-0.05, 0) is 46.6 Å². The van der Waals surface area contributed by atoms with Crippen LogP contribution in [-0.2, 0) is 5.88 Å². The third kappa shape index (κ3) is 3.17. The third-order valence-electron chi connectivity index (χ3n) is 2.13. The zero-order valence-electron chi connectivity index (χ0n) is 9.15. The molecule has 0 bridgehead atoms. The number of ether oxygens (including phenoxy) is 1. The minimum Gasteiger partial charge on any atom is -0.436 e. The Kier molecular flexibility index (Phi) is 3.97. The molecule has 1 aromatic carbocycles. The lowest BCUT2D eigenvalue weighted by molar-refractivity contribution is 0.451. The fourth-order valence-electron chi connectivity index (χ4n) is 1.27. The van der Waals surface area contributed by atoms with Crippen LogP contribution in [-0.4, -0.2) is 10.2 Å². The Hall–Kier alpha value is -1.13. The quantitative estimate of drug-likeness (QED) is 0.801. The molecule has 0 radical (unpaired) electrons. The Labute approximate surface area is 113 Å². The summed E-state index contributed by atoms with van der Waals surface area (Å²) in [7, 11) is 0. The molecule has 17 heavy (non-hydrogen) atoms. The Bertz CT molecular complexity index is 516. The lowest BCUT2D eigenvalue weighted by Crippen LogP contribution is -1.94. The van der Waals surface area contributed by atoms with Crippen molar-refractivity contribution in [1.29, 1.82) is 0 Å². The first-order valence-electron chi connectivity index (χ1n) is 5.01. The topological polar surface area (TPSA) is 35.0 Å². The van der Waals surface area contributed by atoms with Gasteiger partial charge >= 0.3 is 0 Å². The van der Waals surface area contributed by atoms with E-state index in [9.17, 15) is 0 Å². The van der Waals surface area contributed by atoms with E-state index in [0.717, 1.165) is 15.7 Å². The number of aromatic nitrogens is 2. The SMILES string of the molecule is Cc1ccc(Oc2ccc(CCl)nn2)c(Br)c1. The largest absolute Gasteiger partial charge is 0.436 e. The van der Waals surface area contributed by atoms with Crippen molar-refractivity contribution in [3.05, 3.63) is 46.1 Å². The first kappa shape index (κ1) is 12.3. The lowest BCUT2D eigenvalue weighted by Gasteiger charge is -2.06. The maximum absolute atomic E-state index is 5.63. The monoisotopic (exact) mass is 312 g/mol. The van der Waals surface area contributed by atoms with Gasteiger partial charge in [0.1, 0.15) is 5.75 Å². The van der Waals surface area contributed by atoms with Crippen molar-refractivity contribution in [3.8, 4) is 11.6 Å². The van der Waals surface area contributed by atoms with Gasteiger partial charge in [0, 0.05) is 6.07 Å². The van der Waals surface area contributed by atoms with Gasteiger partial charge in [0.25, 0.3) is 0 Å². The Balaban J connectivity index is 2.19. The van der Waals surface area contributed by atoms with Crippen LogP contribution in [0, 0.1) is 6.92 Å². The molecule has 1 aromatic heterocycles. The molecule has 0 aliphatic rings. The lowest BCUT2D eigenvalue weighted by atomic mass is 10.2. The second-order valence-electron chi connectivity index (χ2n) is 3.53. The van der Waals surface area contributed by atoms with Crippen LogP contribution in [0.5, 0.6) is 11.6 Å². The van der Waals surface area contributed by atoms with Gasteiger partial charge in [-0.25, -0.2) is 0 Å². The molecule has 2 aromatic rings. The van der Waals surface area contributed by atoms with Crippen LogP contribution >= 0.6 is 27.5 Å². The van der Waals surface area contributed by atoms with Gasteiger partial charge in [-0.1, -0.05) is 6.07 Å². The van der Waals surface area contributed by atoms with Crippen LogP contribution in [0.4, 0.5) is 0 Å². The number of alkyl halides is 1. The van der Waals surface area contributed by atoms with Crippen molar-refractivity contribution in [2.45, 2.75) is 12.8 Å². The number of hydrogen-bond donors (Lipinski definition) is 0. The summed E-state index contributed by atoms with van der Waals surface area (Å²) in [5, 5.41) is 7.85. The third-order valence-corrected chi connectivity index (χ3v) is 3.03. The fourth-order valence-corrected chi connectivity index (χ4v) is 1.99. The smallest absolute Gasteiger partial charge is 0.238 e. The fraction of sp³-hybridized carbons (Fsp3) is 0.167. The molecular formula is C12H10BrClN2O. The van der Waals surface area contributed by atoms with Crippen LogP contribution in [0.15, 0.2) is 34.8 Å². The van der Waals surface area contributed by atoms with Crippen molar-refractivity contribution in [2.24, 2.45) is 0 Å². The normalized spacial score (nSPS) is 10.3. The van der Waals surface area contributed by atoms with E-state index in [1.54, 1.807) is 12.1 Å². The highest BCUT2D eigenvalue weighted by Crippen LogP contribution is 2.29. The summed E-state index contributed by atoms with van der Waals surface area (Å²) in [4.78, 5) is 0. The molecule has 0 amide bonds. The van der Waals surface area contributed by atoms with E-state index in [0.29, 0.717) is 17.5 Å². The standard InChI is InChI=1S/C12H10BrClN2O/c1-8-2-4-11(10(13)6-8)17-12-5-3-9(7-14)15-16-12/h2-6H,7H2,1H3. The predicted octanol–water partition coefficient (Wildman–Crippen LogP) is 4.08. The van der Waals surface area contributed by atoms with Crippen molar-refractivity contribution < 1.29 is 4.74 Å². The molecule has 0 atom stereocenters. The molecule has 0 N–H and O–H groups in total. The average molecular weight is 314 g/mol. The van der Waals surface area contributed by atoms with E-state index in [-0.39, 0.29) is 0 Å². The summed E-state index contributed by atoms with van der Waals surface area (Å²) in [6.45, 7) is 2.02. The molecular weight excluding hydrogens is 304 g/mol. The zero-order chi connectivity index (χ0) is 12.3. The summed E-state index contributed by atoms with van der Waals surface area (Å²) >= 11 is 9.07. The molecule has 0 aliphatic carbocycles. The molecule has 0 unspecified atom stereocenters. The second kappa shape index (κ2) is 5.47. The van der Waals surface area contributed by atoms with Crippen LogP contribution < -0.4 is 4.74 Å². The molecule has 0 aliphatic heterocycles. The first-order chi connectivity index (χ1) is 8.19. The highest BCUT2D eigenvalue weighted by Gasteiger charge is 2.04. The van der Waals surface area contributed by atoms with Gasteiger partial charge in [-0.3, -0.25) is 0 Å². The Morgan fingerprint density at radius 3 is 2.65 bits per heavy atom. The summed E-state index contributed by atoms with van der Waals surface area (Å²) in [5.74, 6) is 1.51. The molecule has 2 rings (SSSR count). The number of hydrogen-bond acceptors (Lipinski definition) is 3. The van der Waals surface area contributed by atoms with Gasteiger partial charge in [0.2, 0.25) is 5.88 Å². The molecule has 0 saturated carbocycles. The van der Waals surface area contributed by atoms with E-state index >= 15 is 0 Å². The van der Waals surface area contributed by atoms with E-state index in [1.165, 1.54) is 0 Å². The summed E-state index contributed by atoms with van der Waals surface area (Å²) in [5.41, 5.74) is 1.88. The van der Waals surface area contributed by atoms with Crippen molar-refractivity contribution >= 4 is 27.5 Å². The Morgan fingerprint density at radius 2 is 2.06 bits per heavy atom. The molecule has 0 saturated heterocycles. The maximum Gasteiger partial charge on any atom is 0.238 e. The second-order valence-corrected chi connectivity index (χ2v) is 4.65. The van der Waals surface area contributed by atoms with Crippen LogP contribution in [0.2, 0.25) is 0 Å². The zero-order valence-corrected chi connectivity index (χ0v) is 11.5. The number of benzene rings is 1. The molecule has 0 spiro atoms. The Morgan fingerprint density at radius 1 is 1.24 bits per heavy atom. The van der Waals surface area contributed by atoms with E-state index in [2.05, 4.69) is 26.1 Å². The number of nitrogens with zero attached hydrogens (tertiary/aromatic N) is 2. The average Bonchev–Trinajstić information content (AvgIpc) is 2.34. The van der Waals surface area contributed by atoms with Gasteiger partial charge in [-0.2, -0.15) is 5.10 Å². The molecule has 0 fully saturated rings. The minimum atomic E-state index is 0.349. The van der Waals surface area contributed by atoms with E-state index in [1.807, 2.05) is 25.1 Å². The van der Waals surface area contributed by atoms with Crippen LogP contribution in [0.1, 0.15) is 11.3 Å². The number of aryl methyl sites for hydroxylation is 1. The molecule has 3 nitrogen and oxygen atoms in total. The maximum atomic E-state index is 5.63. The summed E-state index contributed by atoms with van der Waals surface area (Å²) in [6, 6.07) is 9.38. The van der Waals surface area contributed by atoms with E-state index in [4.69, 9.17) is 16.3 Å². The molecule has 5 heteroatoms. The summed E-state index contributed by atoms with van der Waals surface area (Å²) in [6.07, 6.45) is 0. The van der Waals surface area contributed by atoms with Gasteiger partial charge in [0.15, 0.2) is 0 Å². The van der Waals surface area contributed by atoms with Gasteiger partial charge in [0.05, 0.1) is 16.0 Å². The highest BCUT2D eigenvalue weighted by molar-refractivity contribution is 9.10. The molecule has 88 valence electrons. The van der Waals surface area contributed by atoms with Crippen LogP contribution in [0.3, 0.4) is 0 Å². The van der Waals surface area contributed by atoms with Crippen LogP contribution in [0.25, 0.3) is 0 Å². The number of rotatable bonds is 3. The van der Waals surface area contributed by atoms with Crippen molar-refractivity contribution in [1.82, 2.24) is 10.2 Å². The minimum absolute atomic E-state index is 0.349. The predicted molar refractivity (Wildman–Crippen MR) is 70.5 cm³/mol. The van der Waals surface area contributed by atoms with Gasteiger partial charge < -0.3 is 4.74 Å². The number of halogens is 2. The first-order valence-corrected chi connectivity index (χ1v) is 6.34. The highest BCUT2D eigenvalue weighted by atomic mass is 79.9. The molecule has 1 heterocycles. The van der Waals surface area contributed by atoms with Crippen molar-refractivity contribution in [3.63, 3.8) is 0 Å².